The summed E-state index contributed by atoms with van der Waals surface area (Å²) in [5.41, 5.74) is -0.333. The van der Waals surface area contributed by atoms with Gasteiger partial charge in [0, 0.05) is 25.3 Å². The first-order chi connectivity index (χ1) is 15.4. The highest BCUT2D eigenvalue weighted by atomic mass is 35.5. The molecule has 6 nitrogen and oxygen atoms in total. The van der Waals surface area contributed by atoms with Crippen LogP contribution in [-0.4, -0.2) is 22.4 Å². The van der Waals surface area contributed by atoms with Crippen LogP contribution in [0.3, 0.4) is 0 Å². The van der Waals surface area contributed by atoms with Crippen LogP contribution in [0, 0.1) is 21.7 Å². The van der Waals surface area contributed by atoms with Crippen molar-refractivity contribution in [2.45, 2.75) is 32.1 Å². The average Bonchev–Trinajstić information content (AvgIpc) is 3.10. The zero-order valence-electron chi connectivity index (χ0n) is 17.8. The van der Waals surface area contributed by atoms with Gasteiger partial charge in [0.1, 0.15) is 17.2 Å². The lowest BCUT2D eigenvalue weighted by Crippen LogP contribution is -2.20. The van der Waals surface area contributed by atoms with Gasteiger partial charge in [-0.2, -0.15) is 0 Å². The molecule has 0 aliphatic rings. The van der Waals surface area contributed by atoms with E-state index in [9.17, 15) is 23.7 Å². The normalized spacial score (nSPS) is 12.5. The Bertz CT molecular complexity index is 1210. The molecule has 2 aromatic carbocycles. The molecule has 1 amide bonds. The summed E-state index contributed by atoms with van der Waals surface area (Å²) in [6.07, 6.45) is 0. The van der Waals surface area contributed by atoms with Gasteiger partial charge in [-0.15, -0.1) is 11.3 Å². The minimum atomic E-state index is -1.01. The molecule has 0 aliphatic carbocycles. The van der Waals surface area contributed by atoms with Gasteiger partial charge < -0.3 is 0 Å². The van der Waals surface area contributed by atoms with Gasteiger partial charge in [0.05, 0.1) is 11.6 Å². The van der Waals surface area contributed by atoms with Crippen LogP contribution in [0.5, 0.6) is 0 Å². The molecule has 33 heavy (non-hydrogen) atoms. The van der Waals surface area contributed by atoms with E-state index in [4.69, 9.17) is 23.2 Å². The number of anilines is 1. The minimum Gasteiger partial charge on any atom is -0.298 e. The number of carbonyl (C=O) groups is 1. The van der Waals surface area contributed by atoms with Crippen molar-refractivity contribution < 1.29 is 18.5 Å². The Hall–Kier alpha value is -2.62. The maximum Gasteiger partial charge on any atom is 0.263 e. The van der Waals surface area contributed by atoms with Gasteiger partial charge in [-0.05, 0) is 29.8 Å². The third-order valence-electron chi connectivity index (χ3n) is 4.76. The molecule has 1 atom stereocenters. The van der Waals surface area contributed by atoms with Crippen LogP contribution >= 0.6 is 34.5 Å². The van der Waals surface area contributed by atoms with E-state index in [0.29, 0.717) is 21.2 Å². The molecule has 174 valence electrons. The van der Waals surface area contributed by atoms with E-state index >= 15 is 0 Å². The zero-order valence-corrected chi connectivity index (χ0v) is 20.1. The van der Waals surface area contributed by atoms with Gasteiger partial charge in [0.15, 0.2) is 5.13 Å². The largest absolute Gasteiger partial charge is 0.298 e. The SMILES string of the molecule is CC(C)(C)c1nc(NC(=O)c2c(F)cccc2F)sc1C(C[N+](=O)[O-])c1ccc(Cl)cc1Cl. The van der Waals surface area contributed by atoms with Crippen LogP contribution in [0.1, 0.15) is 53.2 Å². The molecule has 1 aromatic heterocycles. The number of amides is 1. The number of hydrogen-bond donors (Lipinski definition) is 1. The first-order valence-corrected chi connectivity index (χ1v) is 11.3. The van der Waals surface area contributed by atoms with Crippen LogP contribution in [-0.2, 0) is 5.41 Å². The summed E-state index contributed by atoms with van der Waals surface area (Å²) in [4.78, 5) is 28.6. The van der Waals surface area contributed by atoms with Crippen molar-refractivity contribution in [3.63, 3.8) is 0 Å². The Kier molecular flexibility index (Phi) is 7.36. The fourth-order valence-corrected chi connectivity index (χ4v) is 5.11. The second-order valence-corrected chi connectivity index (χ2v) is 10.1. The summed E-state index contributed by atoms with van der Waals surface area (Å²) in [6, 6.07) is 7.78. The number of nitro groups is 1. The van der Waals surface area contributed by atoms with Gasteiger partial charge in [0.25, 0.3) is 5.91 Å². The number of thiazole rings is 1. The number of nitrogens with one attached hydrogen (secondary N) is 1. The third-order valence-corrected chi connectivity index (χ3v) is 6.41. The van der Waals surface area contributed by atoms with Crippen molar-refractivity contribution in [1.82, 2.24) is 4.98 Å². The quantitative estimate of drug-likeness (QED) is 0.294. The Labute approximate surface area is 202 Å². The number of rotatable bonds is 6. The predicted octanol–water partition coefficient (Wildman–Crippen LogP) is 6.69. The Morgan fingerprint density at radius 2 is 1.85 bits per heavy atom. The number of carbonyl (C=O) groups excluding carboxylic acids is 1. The Morgan fingerprint density at radius 1 is 1.21 bits per heavy atom. The number of aromatic nitrogens is 1. The highest BCUT2D eigenvalue weighted by Gasteiger charge is 2.33. The minimum absolute atomic E-state index is 0.0565. The first-order valence-electron chi connectivity index (χ1n) is 9.71. The molecule has 0 aliphatic heterocycles. The highest BCUT2D eigenvalue weighted by molar-refractivity contribution is 7.16. The zero-order chi connectivity index (χ0) is 24.5. The van der Waals surface area contributed by atoms with Crippen LogP contribution in [0.25, 0.3) is 0 Å². The van der Waals surface area contributed by atoms with Gasteiger partial charge >= 0.3 is 0 Å². The molecule has 0 radical (unpaired) electrons. The summed E-state index contributed by atoms with van der Waals surface area (Å²) >= 11 is 13.3. The van der Waals surface area contributed by atoms with E-state index in [2.05, 4.69) is 10.3 Å². The molecule has 0 spiro atoms. The molecule has 0 saturated heterocycles. The van der Waals surface area contributed by atoms with Crippen molar-refractivity contribution >= 4 is 45.6 Å². The first kappa shape index (κ1) is 25.0. The number of benzene rings is 2. The average molecular weight is 514 g/mol. The summed E-state index contributed by atoms with van der Waals surface area (Å²) < 4.78 is 28.1. The maximum absolute atomic E-state index is 14.0. The second-order valence-electron chi connectivity index (χ2n) is 8.27. The monoisotopic (exact) mass is 513 g/mol. The fourth-order valence-electron chi connectivity index (χ4n) is 3.29. The smallest absolute Gasteiger partial charge is 0.263 e. The molecule has 1 unspecified atom stereocenters. The van der Waals surface area contributed by atoms with E-state index in [1.807, 2.05) is 20.8 Å². The van der Waals surface area contributed by atoms with E-state index < -0.39 is 45.9 Å². The van der Waals surface area contributed by atoms with Crippen molar-refractivity contribution in [3.8, 4) is 0 Å². The lowest BCUT2D eigenvalue weighted by molar-refractivity contribution is -0.481. The summed E-state index contributed by atoms with van der Waals surface area (Å²) in [5, 5.41) is 14.6. The van der Waals surface area contributed by atoms with Crippen LogP contribution < -0.4 is 5.32 Å². The number of halogens is 4. The Morgan fingerprint density at radius 3 is 2.39 bits per heavy atom. The van der Waals surface area contributed by atoms with Gasteiger partial charge in [-0.3, -0.25) is 20.2 Å². The van der Waals surface area contributed by atoms with Crippen molar-refractivity contribution in [2.24, 2.45) is 0 Å². The van der Waals surface area contributed by atoms with Gasteiger partial charge in [-0.25, -0.2) is 13.8 Å². The van der Waals surface area contributed by atoms with Crippen LogP contribution in [0.4, 0.5) is 13.9 Å². The number of hydrogen-bond acceptors (Lipinski definition) is 5. The van der Waals surface area contributed by atoms with E-state index in [1.165, 1.54) is 6.07 Å². The number of nitrogens with zero attached hydrogens (tertiary/aromatic N) is 2. The molecule has 3 rings (SSSR count). The van der Waals surface area contributed by atoms with Crippen molar-refractivity contribution in [3.05, 3.63) is 89.9 Å². The molecule has 11 heteroatoms. The van der Waals surface area contributed by atoms with E-state index in [0.717, 1.165) is 29.5 Å². The lowest BCUT2D eigenvalue weighted by atomic mass is 9.86. The summed E-state index contributed by atoms with van der Waals surface area (Å²) in [6.45, 7) is 5.10. The standard InChI is InChI=1S/C22H19Cl2F2N3O3S/c1-22(2,3)19-18(13(10-29(31)32)12-8-7-11(23)9-14(12)24)33-21(27-19)28-20(30)17-15(25)5-4-6-16(17)26/h4-9,13H,10H2,1-3H3,(H,27,28,30). The Balaban J connectivity index is 2.10. The van der Waals surface area contributed by atoms with Gasteiger partial charge in [0.2, 0.25) is 6.54 Å². The van der Waals surface area contributed by atoms with Crippen molar-refractivity contribution in [1.29, 1.82) is 0 Å². The van der Waals surface area contributed by atoms with Gasteiger partial charge in [-0.1, -0.05) is 56.1 Å². The maximum atomic E-state index is 14.0. The highest BCUT2D eigenvalue weighted by Crippen LogP contribution is 2.42. The second kappa shape index (κ2) is 9.70. The fraction of sp³-hybridized carbons (Fsp3) is 0.273. The summed E-state index contributed by atoms with van der Waals surface area (Å²) in [7, 11) is 0. The molecule has 0 fully saturated rings. The van der Waals surface area contributed by atoms with E-state index in [-0.39, 0.29) is 10.2 Å². The molecule has 3 aromatic rings. The van der Waals surface area contributed by atoms with Crippen LogP contribution in [0.15, 0.2) is 36.4 Å². The van der Waals surface area contributed by atoms with Crippen molar-refractivity contribution in [2.75, 3.05) is 11.9 Å². The molecule has 0 bridgehead atoms. The molecule has 0 saturated carbocycles. The van der Waals surface area contributed by atoms with Crippen LogP contribution in [0.2, 0.25) is 10.0 Å². The third kappa shape index (κ3) is 5.66. The topological polar surface area (TPSA) is 85.1 Å². The molecule has 1 N–H and O–H groups in total. The predicted molar refractivity (Wildman–Crippen MR) is 125 cm³/mol. The molecular formula is C22H19Cl2F2N3O3S. The lowest BCUT2D eigenvalue weighted by Gasteiger charge is -2.21. The van der Waals surface area contributed by atoms with E-state index in [1.54, 1.807) is 12.1 Å². The summed E-state index contributed by atoms with van der Waals surface area (Å²) in [5.74, 6) is -3.83. The molecular weight excluding hydrogens is 495 g/mol. The molecule has 1 heterocycles.